The van der Waals surface area contributed by atoms with Gasteiger partial charge in [0.25, 0.3) is 11.8 Å². The number of hydrogen-bond donors (Lipinski definition) is 5. The van der Waals surface area contributed by atoms with Crippen LogP contribution in [0.2, 0.25) is 0 Å². The van der Waals surface area contributed by atoms with Crippen LogP contribution < -0.4 is 16.5 Å². The van der Waals surface area contributed by atoms with Crippen LogP contribution in [-0.2, 0) is 4.79 Å². The maximum Gasteiger partial charge on any atom is 0.267 e. The average molecular weight is 367 g/mol. The smallest absolute Gasteiger partial charge is 0.267 e. The standard InChI is InChI=1S/C20H21N3O4/c1-20(2,21)17(19(26)23-27)22-18(25)15-9-5-13(6-10-15)3-4-14-7-11-16(24)12-8-14/h5-12,17,24,27H,21H2,1-2H3,(H,22,25)(H,23,26). The highest BCUT2D eigenvalue weighted by Crippen LogP contribution is 2.10. The molecular formula is C20H21N3O4. The van der Waals surface area contributed by atoms with Gasteiger partial charge in [-0.15, -0.1) is 0 Å². The molecule has 0 aliphatic rings. The monoisotopic (exact) mass is 367 g/mol. The first kappa shape index (κ1) is 20.0. The van der Waals surface area contributed by atoms with Gasteiger partial charge < -0.3 is 16.2 Å². The molecule has 1 atom stereocenters. The Labute approximate surface area is 157 Å². The number of nitrogens with one attached hydrogen (secondary N) is 2. The number of amides is 2. The molecule has 140 valence electrons. The predicted octanol–water partition coefficient (Wildman–Crippen LogP) is 1.13. The Hall–Kier alpha value is -3.34. The van der Waals surface area contributed by atoms with Gasteiger partial charge in [-0.25, -0.2) is 5.48 Å². The summed E-state index contributed by atoms with van der Waals surface area (Å²) in [6.45, 7) is 3.13. The number of phenols is 1. The van der Waals surface area contributed by atoms with Gasteiger partial charge in [0.2, 0.25) is 0 Å². The van der Waals surface area contributed by atoms with Gasteiger partial charge in [0.15, 0.2) is 0 Å². The van der Waals surface area contributed by atoms with E-state index in [2.05, 4.69) is 17.2 Å². The number of hydroxylamine groups is 1. The largest absolute Gasteiger partial charge is 0.508 e. The second-order valence-electron chi connectivity index (χ2n) is 6.58. The van der Waals surface area contributed by atoms with Crippen molar-refractivity contribution in [3.8, 4) is 17.6 Å². The third-order valence-electron chi connectivity index (χ3n) is 3.76. The first-order valence-electron chi connectivity index (χ1n) is 8.15. The van der Waals surface area contributed by atoms with Gasteiger partial charge in [-0.1, -0.05) is 11.8 Å². The minimum Gasteiger partial charge on any atom is -0.508 e. The summed E-state index contributed by atoms with van der Waals surface area (Å²) in [4.78, 5) is 24.1. The van der Waals surface area contributed by atoms with E-state index in [-0.39, 0.29) is 5.75 Å². The molecule has 0 fully saturated rings. The van der Waals surface area contributed by atoms with E-state index in [0.717, 1.165) is 5.56 Å². The number of benzene rings is 2. The first-order chi connectivity index (χ1) is 12.7. The van der Waals surface area contributed by atoms with E-state index < -0.39 is 23.4 Å². The Morgan fingerprint density at radius 2 is 1.48 bits per heavy atom. The van der Waals surface area contributed by atoms with Gasteiger partial charge in [0.05, 0.1) is 0 Å². The van der Waals surface area contributed by atoms with Crippen molar-refractivity contribution < 1.29 is 19.9 Å². The van der Waals surface area contributed by atoms with Crippen molar-refractivity contribution in [1.29, 1.82) is 0 Å². The molecule has 0 aliphatic heterocycles. The van der Waals surface area contributed by atoms with Crippen LogP contribution in [0.25, 0.3) is 0 Å². The zero-order chi connectivity index (χ0) is 20.0. The van der Waals surface area contributed by atoms with Crippen LogP contribution in [0.5, 0.6) is 5.75 Å². The highest BCUT2D eigenvalue weighted by atomic mass is 16.5. The zero-order valence-electron chi connectivity index (χ0n) is 15.0. The molecule has 0 aliphatic carbocycles. The molecule has 7 heteroatoms. The second kappa shape index (κ2) is 8.36. The second-order valence-corrected chi connectivity index (χ2v) is 6.58. The van der Waals surface area contributed by atoms with Gasteiger partial charge in [-0.2, -0.15) is 0 Å². The fourth-order valence-corrected chi connectivity index (χ4v) is 2.26. The molecule has 0 saturated carbocycles. The molecule has 7 nitrogen and oxygen atoms in total. The summed E-state index contributed by atoms with van der Waals surface area (Å²) >= 11 is 0. The maximum absolute atomic E-state index is 12.4. The van der Waals surface area contributed by atoms with Crippen molar-refractivity contribution in [2.24, 2.45) is 5.73 Å². The lowest BCUT2D eigenvalue weighted by Crippen LogP contribution is -2.61. The molecule has 2 aromatic carbocycles. The molecule has 2 aromatic rings. The van der Waals surface area contributed by atoms with Gasteiger partial charge in [-0.3, -0.25) is 14.8 Å². The SMILES string of the molecule is CC(C)(N)C(NC(=O)c1ccc(C#Cc2ccc(O)cc2)cc1)C(=O)NO. The quantitative estimate of drug-likeness (QED) is 0.315. The number of hydrogen-bond acceptors (Lipinski definition) is 5. The summed E-state index contributed by atoms with van der Waals surface area (Å²) in [6, 6.07) is 11.9. The molecule has 0 aromatic heterocycles. The molecule has 0 saturated heterocycles. The van der Waals surface area contributed by atoms with Crippen LogP contribution in [0.4, 0.5) is 0 Å². The summed E-state index contributed by atoms with van der Waals surface area (Å²) < 4.78 is 0. The van der Waals surface area contributed by atoms with Crippen molar-refractivity contribution in [2.75, 3.05) is 0 Å². The van der Waals surface area contributed by atoms with Crippen molar-refractivity contribution in [3.05, 3.63) is 65.2 Å². The van der Waals surface area contributed by atoms with Crippen LogP contribution in [0.3, 0.4) is 0 Å². The molecule has 0 bridgehead atoms. The van der Waals surface area contributed by atoms with Gasteiger partial charge in [0, 0.05) is 22.2 Å². The number of carbonyl (C=O) groups excluding carboxylic acids is 2. The Morgan fingerprint density at radius 3 is 1.93 bits per heavy atom. The summed E-state index contributed by atoms with van der Waals surface area (Å²) in [5.74, 6) is 4.78. The zero-order valence-corrected chi connectivity index (χ0v) is 15.0. The van der Waals surface area contributed by atoms with E-state index in [0.29, 0.717) is 11.1 Å². The van der Waals surface area contributed by atoms with Crippen LogP contribution in [-0.4, -0.2) is 33.7 Å². The molecular weight excluding hydrogens is 346 g/mol. The third kappa shape index (κ3) is 5.57. The highest BCUT2D eigenvalue weighted by molar-refractivity contribution is 5.97. The lowest BCUT2D eigenvalue weighted by atomic mass is 9.95. The molecule has 6 N–H and O–H groups in total. The molecule has 1 unspecified atom stereocenters. The number of rotatable bonds is 4. The Bertz CT molecular complexity index is 873. The fraction of sp³-hybridized carbons (Fsp3) is 0.200. The van der Waals surface area contributed by atoms with Gasteiger partial charge in [0.1, 0.15) is 11.8 Å². The number of phenolic OH excluding ortho intramolecular Hbond substituents is 1. The van der Waals surface area contributed by atoms with Gasteiger partial charge >= 0.3 is 0 Å². The molecule has 27 heavy (non-hydrogen) atoms. The van der Waals surface area contributed by atoms with Crippen molar-refractivity contribution >= 4 is 11.8 Å². The van der Waals surface area contributed by atoms with E-state index in [4.69, 9.17) is 10.9 Å². The van der Waals surface area contributed by atoms with Crippen LogP contribution in [0, 0.1) is 11.8 Å². The van der Waals surface area contributed by atoms with E-state index in [1.54, 1.807) is 62.4 Å². The predicted molar refractivity (Wildman–Crippen MR) is 100.0 cm³/mol. The van der Waals surface area contributed by atoms with E-state index in [9.17, 15) is 14.7 Å². The maximum atomic E-state index is 12.4. The van der Waals surface area contributed by atoms with Gasteiger partial charge in [-0.05, 0) is 62.4 Å². The fourth-order valence-electron chi connectivity index (χ4n) is 2.26. The Kier molecular flexibility index (Phi) is 6.19. The lowest BCUT2D eigenvalue weighted by Gasteiger charge is -2.29. The third-order valence-corrected chi connectivity index (χ3v) is 3.76. The normalized spacial score (nSPS) is 11.7. The average Bonchev–Trinajstić information content (AvgIpc) is 2.64. The number of nitrogens with two attached hydrogens (primary N) is 1. The summed E-state index contributed by atoms with van der Waals surface area (Å²) in [7, 11) is 0. The van der Waals surface area contributed by atoms with Crippen molar-refractivity contribution in [1.82, 2.24) is 10.8 Å². The Morgan fingerprint density at radius 1 is 1.00 bits per heavy atom. The number of aromatic hydroxyl groups is 1. The highest BCUT2D eigenvalue weighted by Gasteiger charge is 2.33. The molecule has 2 amide bonds. The first-order valence-corrected chi connectivity index (χ1v) is 8.15. The minimum atomic E-state index is -1.11. The van der Waals surface area contributed by atoms with Crippen molar-refractivity contribution in [3.63, 3.8) is 0 Å². The number of carbonyl (C=O) groups is 2. The van der Waals surface area contributed by atoms with E-state index in [1.807, 2.05) is 0 Å². The summed E-state index contributed by atoms with van der Waals surface area (Å²) in [5.41, 5.74) is 8.09. The summed E-state index contributed by atoms with van der Waals surface area (Å²) in [5, 5.41) is 20.6. The molecule has 0 heterocycles. The van der Waals surface area contributed by atoms with E-state index in [1.165, 1.54) is 5.48 Å². The summed E-state index contributed by atoms with van der Waals surface area (Å²) in [6.07, 6.45) is 0. The van der Waals surface area contributed by atoms with Crippen molar-refractivity contribution in [2.45, 2.75) is 25.4 Å². The lowest BCUT2D eigenvalue weighted by molar-refractivity contribution is -0.132. The van der Waals surface area contributed by atoms with Crippen LogP contribution in [0.1, 0.15) is 35.3 Å². The van der Waals surface area contributed by atoms with E-state index >= 15 is 0 Å². The molecule has 2 rings (SSSR count). The van der Waals surface area contributed by atoms with Crippen LogP contribution >= 0.6 is 0 Å². The molecule has 0 spiro atoms. The molecule has 0 radical (unpaired) electrons. The topological polar surface area (TPSA) is 125 Å². The van der Waals surface area contributed by atoms with Crippen LogP contribution in [0.15, 0.2) is 48.5 Å². The Balaban J connectivity index is 2.11. The minimum absolute atomic E-state index is 0.171.